The highest BCUT2D eigenvalue weighted by Gasteiger charge is 2.31. The average Bonchev–Trinajstić information content (AvgIpc) is 3.92. The van der Waals surface area contributed by atoms with Gasteiger partial charge in [-0.3, -0.25) is 0 Å². The molecule has 0 bridgehead atoms. The molecule has 2 aliphatic heterocycles. The number of sulfonamides is 2. The Kier molecular flexibility index (Phi) is 12.6. The van der Waals surface area contributed by atoms with E-state index in [-0.39, 0.29) is 19.8 Å². The second-order valence-electron chi connectivity index (χ2n) is 13.1. The Morgan fingerprint density at radius 1 is 0.579 bits per heavy atom. The van der Waals surface area contributed by atoms with Gasteiger partial charge in [-0.25, -0.2) is 35.6 Å². The molecule has 0 unspecified atom stereocenters. The number of rotatable bonds is 8. The van der Waals surface area contributed by atoms with Gasteiger partial charge in [0, 0.05) is 74.2 Å². The fourth-order valence-electron chi connectivity index (χ4n) is 6.36. The molecule has 4 heterocycles. The van der Waals surface area contributed by atoms with E-state index in [2.05, 4.69) is 27.8 Å². The lowest BCUT2D eigenvalue weighted by atomic mass is 10.1. The summed E-state index contributed by atoms with van der Waals surface area (Å²) in [7, 11) is -7.42. The Morgan fingerprint density at radius 2 is 1.02 bits per heavy atom. The van der Waals surface area contributed by atoms with Crippen molar-refractivity contribution in [1.82, 2.24) is 18.6 Å². The van der Waals surface area contributed by atoms with Gasteiger partial charge in [-0.2, -0.15) is 8.61 Å². The molecule has 10 nitrogen and oxygen atoms in total. The molecule has 2 aromatic heterocycles. The van der Waals surface area contributed by atoms with E-state index in [0.717, 1.165) is 57.0 Å². The molecule has 57 heavy (non-hydrogen) atoms. The topological polar surface area (TPSA) is 107 Å². The van der Waals surface area contributed by atoms with Crippen molar-refractivity contribution >= 4 is 76.2 Å². The van der Waals surface area contributed by atoms with Gasteiger partial charge in [0.1, 0.15) is 11.6 Å². The van der Waals surface area contributed by atoms with Crippen molar-refractivity contribution < 1.29 is 25.6 Å². The van der Waals surface area contributed by atoms with Crippen LogP contribution < -0.4 is 9.80 Å². The summed E-state index contributed by atoms with van der Waals surface area (Å²) in [4.78, 5) is 13.6. The van der Waals surface area contributed by atoms with Crippen molar-refractivity contribution in [2.24, 2.45) is 0 Å². The van der Waals surface area contributed by atoms with Crippen LogP contribution in [0.25, 0.3) is 22.5 Å². The van der Waals surface area contributed by atoms with Crippen LogP contribution in [0.1, 0.15) is 5.56 Å². The number of benzene rings is 4. The van der Waals surface area contributed by atoms with E-state index in [0.29, 0.717) is 52.4 Å². The zero-order valence-corrected chi connectivity index (χ0v) is 35.2. The molecule has 298 valence electrons. The highest BCUT2D eigenvalue weighted by Crippen LogP contribution is 2.32. The first-order chi connectivity index (χ1) is 27.3. The summed E-state index contributed by atoms with van der Waals surface area (Å²) in [6.45, 7) is 5.53. The summed E-state index contributed by atoms with van der Waals surface area (Å²) in [6, 6.07) is 25.0. The van der Waals surface area contributed by atoms with Crippen LogP contribution >= 0.6 is 45.9 Å². The molecule has 4 aromatic carbocycles. The predicted molar refractivity (Wildman–Crippen MR) is 225 cm³/mol. The van der Waals surface area contributed by atoms with Gasteiger partial charge in [0.05, 0.1) is 31.2 Å². The molecule has 0 radical (unpaired) electrons. The third kappa shape index (κ3) is 9.18. The summed E-state index contributed by atoms with van der Waals surface area (Å²) >= 11 is 14.6. The van der Waals surface area contributed by atoms with Crippen LogP contribution in [0.3, 0.4) is 0 Å². The van der Waals surface area contributed by atoms with Crippen LogP contribution in [-0.4, -0.2) is 87.8 Å². The molecule has 18 heteroatoms. The molecule has 2 aliphatic rings. The lowest BCUT2D eigenvalue weighted by Crippen LogP contribution is -2.48. The van der Waals surface area contributed by atoms with Crippen LogP contribution in [0.15, 0.2) is 112 Å². The van der Waals surface area contributed by atoms with Gasteiger partial charge in [0.2, 0.25) is 20.0 Å². The smallest absolute Gasteiger partial charge is 0.243 e. The number of aromatic nitrogens is 2. The molecule has 0 atom stereocenters. The van der Waals surface area contributed by atoms with E-state index >= 15 is 0 Å². The molecule has 2 fully saturated rings. The quantitative estimate of drug-likeness (QED) is 0.150. The molecule has 6 aromatic rings. The average molecular weight is 890 g/mol. The maximum Gasteiger partial charge on any atom is 0.243 e. The van der Waals surface area contributed by atoms with Crippen molar-refractivity contribution in [3.63, 3.8) is 0 Å². The van der Waals surface area contributed by atoms with E-state index in [1.54, 1.807) is 22.7 Å². The molecule has 0 spiro atoms. The van der Waals surface area contributed by atoms with Crippen molar-refractivity contribution in [3.05, 3.63) is 129 Å². The second-order valence-corrected chi connectivity index (χ2v) is 19.5. The number of anilines is 2. The summed E-state index contributed by atoms with van der Waals surface area (Å²) in [5.74, 6) is -1.27. The van der Waals surface area contributed by atoms with Crippen molar-refractivity contribution in [3.8, 4) is 22.5 Å². The van der Waals surface area contributed by atoms with Gasteiger partial charge in [-0.1, -0.05) is 77.8 Å². The van der Waals surface area contributed by atoms with Crippen LogP contribution in [0, 0.1) is 18.6 Å². The van der Waals surface area contributed by atoms with Crippen LogP contribution in [0.2, 0.25) is 10.0 Å². The van der Waals surface area contributed by atoms with Gasteiger partial charge >= 0.3 is 0 Å². The molecule has 0 aliphatic carbocycles. The van der Waals surface area contributed by atoms with E-state index in [1.165, 1.54) is 26.3 Å². The number of piperazine rings is 2. The molecule has 8 rings (SSSR count). The number of hydrogen-bond acceptors (Lipinski definition) is 10. The maximum absolute atomic E-state index is 13.4. The van der Waals surface area contributed by atoms with Gasteiger partial charge in [0.15, 0.2) is 10.3 Å². The van der Waals surface area contributed by atoms with Gasteiger partial charge in [0.25, 0.3) is 0 Å². The Hall–Kier alpha value is -4.00. The fraction of sp³-hybridized carbons (Fsp3) is 0.231. The fourth-order valence-corrected chi connectivity index (χ4v) is 11.5. The van der Waals surface area contributed by atoms with Crippen molar-refractivity contribution in [1.29, 1.82) is 0 Å². The largest absolute Gasteiger partial charge is 0.345 e. The monoisotopic (exact) mass is 888 g/mol. The third-order valence-electron chi connectivity index (χ3n) is 9.55. The molecule has 2 saturated heterocycles. The minimum Gasteiger partial charge on any atom is -0.345 e. The summed E-state index contributed by atoms with van der Waals surface area (Å²) in [5.41, 5.74) is 5.16. The van der Waals surface area contributed by atoms with E-state index < -0.39 is 31.7 Å². The third-order valence-corrected chi connectivity index (χ3v) is 15.7. The number of thiazole rings is 2. The number of nitrogens with zero attached hydrogens (tertiary/aromatic N) is 6. The molecular formula is C39H36Cl2F2N6O4S4. The predicted octanol–water partition coefficient (Wildman–Crippen LogP) is 8.54. The summed E-state index contributed by atoms with van der Waals surface area (Å²) < 4.78 is 80.8. The van der Waals surface area contributed by atoms with E-state index in [1.807, 2.05) is 59.3 Å². The molecular weight excluding hydrogens is 854 g/mol. The molecule has 0 amide bonds. The van der Waals surface area contributed by atoms with Crippen LogP contribution in [-0.2, 0) is 20.0 Å². The highest BCUT2D eigenvalue weighted by atomic mass is 35.5. The van der Waals surface area contributed by atoms with E-state index in [4.69, 9.17) is 28.2 Å². The van der Waals surface area contributed by atoms with Crippen LogP contribution in [0.4, 0.5) is 19.0 Å². The van der Waals surface area contributed by atoms with Gasteiger partial charge in [-0.15, -0.1) is 22.7 Å². The summed E-state index contributed by atoms with van der Waals surface area (Å²) in [5, 5.41) is 5.40. The van der Waals surface area contributed by atoms with Gasteiger partial charge < -0.3 is 9.80 Å². The Bertz CT molecular complexity index is 2580. The number of aryl methyl sites for hydroxylation is 1. The van der Waals surface area contributed by atoms with E-state index in [9.17, 15) is 25.6 Å². The lowest BCUT2D eigenvalue weighted by molar-refractivity contribution is 0.384. The first-order valence-electron chi connectivity index (χ1n) is 17.7. The Labute approximate surface area is 348 Å². The molecule has 0 saturated carbocycles. The van der Waals surface area contributed by atoms with Crippen molar-refractivity contribution in [2.45, 2.75) is 16.7 Å². The second kappa shape index (κ2) is 17.5. The minimum atomic E-state index is -3.71. The molecule has 0 N–H and O–H groups in total. The standard InChI is InChI=1S/C20H19ClFN3O2S2.C19H17ClFN3O2S2/c1-14-4-2-3-5-16(14)19-13-28-20(23-19)24-8-10-25(11-9-24)29(26,27)15-6-7-18(22)17(21)12-15;20-16-12-15(6-7-17(16)21)28(25,26)24-10-8-23(9-11-24)19-22-18(13-27-19)14-4-2-1-3-5-14/h2-7,12-13H,8-11H2,1H3;1-7,12-13H,8-11H2. The maximum atomic E-state index is 13.4. The number of hydrogen-bond donors (Lipinski definition) is 0. The lowest BCUT2D eigenvalue weighted by Gasteiger charge is -2.33. The SMILES string of the molecule is Cc1ccccc1-c1csc(N2CCN(S(=O)(=O)c3ccc(F)c(Cl)c3)CC2)n1.O=S(=O)(c1ccc(F)c(Cl)c1)N1CCN(c2nc(-c3ccccc3)cs2)CC1. The zero-order valence-electron chi connectivity index (χ0n) is 30.4. The van der Waals surface area contributed by atoms with Gasteiger partial charge in [-0.05, 0) is 48.9 Å². The first-order valence-corrected chi connectivity index (χ1v) is 23.1. The highest BCUT2D eigenvalue weighted by molar-refractivity contribution is 7.89. The van der Waals surface area contributed by atoms with Crippen molar-refractivity contribution in [2.75, 3.05) is 62.2 Å². The normalized spacial score (nSPS) is 15.7. The zero-order chi connectivity index (χ0) is 40.3. The minimum absolute atomic E-state index is 0.00737. The number of halogens is 4. The first kappa shape index (κ1) is 41.2. The summed E-state index contributed by atoms with van der Waals surface area (Å²) in [6.07, 6.45) is 0. The Morgan fingerprint density at radius 3 is 1.49 bits per heavy atom. The Balaban J connectivity index is 0.000000174. The van der Waals surface area contributed by atoms with Crippen LogP contribution in [0.5, 0.6) is 0 Å².